The Morgan fingerprint density at radius 2 is 1.88 bits per heavy atom. The first-order valence-corrected chi connectivity index (χ1v) is 9.95. The number of benzene rings is 1. The monoisotopic (exact) mass is 373 g/mol. The third kappa shape index (κ3) is 5.58. The predicted octanol–water partition coefficient (Wildman–Crippen LogP) is 4.58. The van der Waals surface area contributed by atoms with Crippen LogP contribution in [0.2, 0.25) is 5.02 Å². The average Bonchev–Trinajstić information content (AvgIpc) is 2.68. The van der Waals surface area contributed by atoms with Crippen LogP contribution in [0, 0.1) is 0 Å². The molecule has 0 unspecified atom stereocenters. The molecule has 0 saturated carbocycles. The van der Waals surface area contributed by atoms with Crippen molar-refractivity contribution in [1.82, 2.24) is 14.9 Å². The molecular formula is C20H28ClN5. The van der Waals surface area contributed by atoms with Gasteiger partial charge in [0.25, 0.3) is 0 Å². The molecule has 1 saturated heterocycles. The maximum absolute atomic E-state index is 5.94. The average molecular weight is 374 g/mol. The molecule has 3 rings (SSSR count). The highest BCUT2D eigenvalue weighted by atomic mass is 35.5. The summed E-state index contributed by atoms with van der Waals surface area (Å²) in [7, 11) is 0. The van der Waals surface area contributed by atoms with Gasteiger partial charge in [-0.2, -0.15) is 4.98 Å². The van der Waals surface area contributed by atoms with Crippen molar-refractivity contribution in [2.75, 3.05) is 42.9 Å². The van der Waals surface area contributed by atoms with Gasteiger partial charge in [-0.1, -0.05) is 18.0 Å². The van der Waals surface area contributed by atoms with E-state index in [-0.39, 0.29) is 0 Å². The van der Waals surface area contributed by atoms with E-state index in [9.17, 15) is 0 Å². The molecule has 1 aromatic heterocycles. The molecule has 0 bridgehead atoms. The van der Waals surface area contributed by atoms with Crippen LogP contribution < -0.4 is 10.2 Å². The topological polar surface area (TPSA) is 44.3 Å². The van der Waals surface area contributed by atoms with E-state index in [0.29, 0.717) is 0 Å². The number of nitrogens with one attached hydrogen (secondary N) is 1. The van der Waals surface area contributed by atoms with Gasteiger partial charge in [0.2, 0.25) is 5.95 Å². The zero-order valence-corrected chi connectivity index (χ0v) is 16.3. The van der Waals surface area contributed by atoms with Crippen molar-refractivity contribution < 1.29 is 0 Å². The van der Waals surface area contributed by atoms with Gasteiger partial charge < -0.3 is 15.1 Å². The Morgan fingerprint density at radius 3 is 2.62 bits per heavy atom. The van der Waals surface area contributed by atoms with Crippen LogP contribution in [0.4, 0.5) is 17.5 Å². The Labute approximate surface area is 161 Å². The first-order chi connectivity index (χ1) is 12.7. The molecule has 1 aliphatic rings. The quantitative estimate of drug-likeness (QED) is 0.733. The standard InChI is InChI=1S/C20H28ClN5/c1-2-26(16-6-15-25-13-4-3-5-14-25)20-22-12-11-19(24-20)23-18-9-7-17(21)8-10-18/h7-12H,2-6,13-16H2,1H3,(H,22,23,24). The Balaban J connectivity index is 1.56. The summed E-state index contributed by atoms with van der Waals surface area (Å²) in [6.07, 6.45) is 7.04. The van der Waals surface area contributed by atoms with Crippen LogP contribution in [0.5, 0.6) is 0 Å². The summed E-state index contributed by atoms with van der Waals surface area (Å²) in [5, 5.41) is 4.04. The number of piperidine rings is 1. The molecule has 2 aromatic rings. The zero-order valence-electron chi connectivity index (χ0n) is 15.5. The highest BCUT2D eigenvalue weighted by molar-refractivity contribution is 6.30. The number of hydrogen-bond donors (Lipinski definition) is 1. The van der Waals surface area contributed by atoms with E-state index in [4.69, 9.17) is 11.6 Å². The molecule has 140 valence electrons. The Hall–Kier alpha value is -1.85. The third-order valence-corrected chi connectivity index (χ3v) is 5.03. The molecule has 5 nitrogen and oxygen atoms in total. The molecule has 26 heavy (non-hydrogen) atoms. The van der Waals surface area contributed by atoms with Gasteiger partial charge in [0.15, 0.2) is 0 Å². The summed E-state index contributed by atoms with van der Waals surface area (Å²) >= 11 is 5.94. The lowest BCUT2D eigenvalue weighted by molar-refractivity contribution is 0.227. The Bertz CT molecular complexity index is 670. The zero-order chi connectivity index (χ0) is 18.2. The number of aromatic nitrogens is 2. The molecule has 0 amide bonds. The van der Waals surface area contributed by atoms with Crippen molar-refractivity contribution >= 4 is 29.1 Å². The maximum Gasteiger partial charge on any atom is 0.227 e. The summed E-state index contributed by atoms with van der Waals surface area (Å²) in [5.74, 6) is 1.58. The number of nitrogens with zero attached hydrogens (tertiary/aromatic N) is 4. The van der Waals surface area contributed by atoms with E-state index in [1.54, 1.807) is 0 Å². The van der Waals surface area contributed by atoms with Crippen LogP contribution in [-0.4, -0.2) is 47.6 Å². The van der Waals surface area contributed by atoms with Crippen molar-refractivity contribution in [3.63, 3.8) is 0 Å². The molecule has 1 aromatic carbocycles. The second kappa shape index (κ2) is 9.74. The van der Waals surface area contributed by atoms with Crippen molar-refractivity contribution in [1.29, 1.82) is 0 Å². The summed E-state index contributed by atoms with van der Waals surface area (Å²) in [6.45, 7) is 7.72. The molecular weight excluding hydrogens is 346 g/mol. The summed E-state index contributed by atoms with van der Waals surface area (Å²) in [5.41, 5.74) is 0.965. The van der Waals surface area contributed by atoms with Gasteiger partial charge in [-0.05, 0) is 76.2 Å². The minimum absolute atomic E-state index is 0.727. The normalized spacial score (nSPS) is 15.0. The highest BCUT2D eigenvalue weighted by Crippen LogP contribution is 2.19. The number of anilines is 3. The third-order valence-electron chi connectivity index (χ3n) is 4.78. The number of hydrogen-bond acceptors (Lipinski definition) is 5. The largest absolute Gasteiger partial charge is 0.341 e. The molecule has 0 radical (unpaired) electrons. The van der Waals surface area contributed by atoms with Gasteiger partial charge >= 0.3 is 0 Å². The van der Waals surface area contributed by atoms with E-state index in [1.807, 2.05) is 36.5 Å². The lowest BCUT2D eigenvalue weighted by atomic mass is 10.1. The van der Waals surface area contributed by atoms with E-state index >= 15 is 0 Å². The molecule has 0 atom stereocenters. The molecule has 1 fully saturated rings. The fraction of sp³-hybridized carbons (Fsp3) is 0.500. The SMILES string of the molecule is CCN(CCCN1CCCCC1)c1nccc(Nc2ccc(Cl)cc2)n1. The van der Waals surface area contributed by atoms with Crippen LogP contribution in [0.3, 0.4) is 0 Å². The van der Waals surface area contributed by atoms with E-state index in [2.05, 4.69) is 32.0 Å². The molecule has 0 aliphatic carbocycles. The van der Waals surface area contributed by atoms with Crippen LogP contribution in [0.15, 0.2) is 36.5 Å². The fourth-order valence-corrected chi connectivity index (χ4v) is 3.45. The molecule has 2 heterocycles. The Kier molecular flexibility index (Phi) is 7.09. The lowest BCUT2D eigenvalue weighted by Gasteiger charge is -2.28. The van der Waals surface area contributed by atoms with Gasteiger partial charge in [0, 0.05) is 30.0 Å². The fourth-order valence-electron chi connectivity index (χ4n) is 3.32. The molecule has 1 aliphatic heterocycles. The van der Waals surface area contributed by atoms with Crippen LogP contribution >= 0.6 is 11.6 Å². The maximum atomic E-state index is 5.94. The number of rotatable bonds is 8. The lowest BCUT2D eigenvalue weighted by Crippen LogP contribution is -2.34. The van der Waals surface area contributed by atoms with Crippen LogP contribution in [-0.2, 0) is 0 Å². The smallest absolute Gasteiger partial charge is 0.227 e. The van der Waals surface area contributed by atoms with Crippen molar-refractivity contribution in [2.45, 2.75) is 32.6 Å². The van der Waals surface area contributed by atoms with Crippen LogP contribution in [0.1, 0.15) is 32.6 Å². The Morgan fingerprint density at radius 1 is 1.12 bits per heavy atom. The molecule has 6 heteroatoms. The summed E-state index contributed by atoms with van der Waals surface area (Å²) in [6, 6.07) is 9.51. The van der Waals surface area contributed by atoms with Gasteiger partial charge in [-0.25, -0.2) is 4.98 Å². The summed E-state index contributed by atoms with van der Waals surface area (Å²) in [4.78, 5) is 14.0. The van der Waals surface area contributed by atoms with Crippen LogP contribution in [0.25, 0.3) is 0 Å². The minimum atomic E-state index is 0.727. The van der Waals surface area contributed by atoms with Crippen molar-refractivity contribution in [2.24, 2.45) is 0 Å². The van der Waals surface area contributed by atoms with Gasteiger partial charge in [0.1, 0.15) is 5.82 Å². The first kappa shape index (κ1) is 18.9. The van der Waals surface area contributed by atoms with Crippen molar-refractivity contribution in [3.05, 3.63) is 41.6 Å². The molecule has 0 spiro atoms. The number of halogens is 1. The second-order valence-electron chi connectivity index (χ2n) is 6.71. The first-order valence-electron chi connectivity index (χ1n) is 9.57. The number of likely N-dealkylation sites (tertiary alicyclic amines) is 1. The van der Waals surface area contributed by atoms with Gasteiger partial charge in [-0.15, -0.1) is 0 Å². The van der Waals surface area contributed by atoms with Gasteiger partial charge in [0.05, 0.1) is 0 Å². The van der Waals surface area contributed by atoms with Gasteiger partial charge in [-0.3, -0.25) is 0 Å². The van der Waals surface area contributed by atoms with E-state index < -0.39 is 0 Å². The van der Waals surface area contributed by atoms with E-state index in [1.165, 1.54) is 38.9 Å². The molecule has 1 N–H and O–H groups in total. The predicted molar refractivity (Wildman–Crippen MR) is 110 cm³/mol. The summed E-state index contributed by atoms with van der Waals surface area (Å²) < 4.78 is 0. The second-order valence-corrected chi connectivity index (χ2v) is 7.15. The van der Waals surface area contributed by atoms with E-state index in [0.717, 1.165) is 42.0 Å². The highest BCUT2D eigenvalue weighted by Gasteiger charge is 2.12. The van der Waals surface area contributed by atoms with Crippen molar-refractivity contribution in [3.8, 4) is 0 Å². The minimum Gasteiger partial charge on any atom is -0.341 e.